The van der Waals surface area contributed by atoms with Crippen LogP contribution in [0.4, 0.5) is 0 Å². The number of esters is 1. The van der Waals surface area contributed by atoms with Crippen molar-refractivity contribution < 1.29 is 9.53 Å². The van der Waals surface area contributed by atoms with Crippen LogP contribution in [0.5, 0.6) is 5.75 Å². The molecule has 0 atom stereocenters. The summed E-state index contributed by atoms with van der Waals surface area (Å²) in [5.74, 6) is 0.0626. The predicted molar refractivity (Wildman–Crippen MR) is 105 cm³/mol. The number of ether oxygens (including phenoxy) is 1. The molecule has 8 heteroatoms. The maximum absolute atomic E-state index is 12.4. The Morgan fingerprint density at radius 3 is 2.81 bits per heavy atom. The van der Waals surface area contributed by atoms with E-state index in [4.69, 9.17) is 4.74 Å². The lowest BCUT2D eigenvalue weighted by Crippen LogP contribution is -2.23. The van der Waals surface area contributed by atoms with Crippen molar-refractivity contribution in [2.75, 3.05) is 0 Å². The molecule has 0 aliphatic rings. The van der Waals surface area contributed by atoms with Crippen LogP contribution in [-0.4, -0.2) is 25.3 Å². The molecule has 2 aromatic heterocycles. The lowest BCUT2D eigenvalue weighted by Gasteiger charge is -2.07. The minimum absolute atomic E-state index is 0.0612. The molecule has 136 valence electrons. The number of aromatic nitrogens is 4. The highest BCUT2D eigenvalue weighted by Crippen LogP contribution is 2.24. The summed E-state index contributed by atoms with van der Waals surface area (Å²) >= 11 is 3.43. The van der Waals surface area contributed by atoms with Crippen molar-refractivity contribution in [1.82, 2.24) is 19.3 Å². The Labute approximate surface area is 162 Å². The van der Waals surface area contributed by atoms with Gasteiger partial charge in [-0.1, -0.05) is 28.1 Å². The molecule has 0 amide bonds. The van der Waals surface area contributed by atoms with Crippen molar-refractivity contribution in [3.8, 4) is 5.75 Å². The summed E-state index contributed by atoms with van der Waals surface area (Å²) in [6.45, 7) is 0.191. The molecule has 4 rings (SSSR count). The summed E-state index contributed by atoms with van der Waals surface area (Å²) in [6.07, 6.45) is 2.96. The van der Waals surface area contributed by atoms with Gasteiger partial charge in [-0.25, -0.2) is 4.98 Å². The monoisotopic (exact) mass is 426 g/mol. The Morgan fingerprint density at radius 2 is 1.96 bits per heavy atom. The molecule has 0 spiro atoms. The van der Waals surface area contributed by atoms with Crippen molar-refractivity contribution in [3.63, 3.8) is 0 Å². The van der Waals surface area contributed by atoms with E-state index in [0.717, 1.165) is 15.2 Å². The van der Waals surface area contributed by atoms with Crippen LogP contribution < -0.4 is 10.3 Å². The van der Waals surface area contributed by atoms with Gasteiger partial charge in [0.1, 0.15) is 11.1 Å². The van der Waals surface area contributed by atoms with Crippen LogP contribution in [0.3, 0.4) is 0 Å². The van der Waals surface area contributed by atoms with E-state index in [0.29, 0.717) is 16.8 Å². The van der Waals surface area contributed by atoms with E-state index in [9.17, 15) is 9.59 Å². The van der Waals surface area contributed by atoms with Gasteiger partial charge in [0.2, 0.25) is 0 Å². The van der Waals surface area contributed by atoms with E-state index in [1.54, 1.807) is 13.1 Å². The summed E-state index contributed by atoms with van der Waals surface area (Å²) in [4.78, 5) is 28.8. The standard InChI is InChI=1S/C19H15BrN4O3/c1-23-18-16(10-22-23)19(26)24(11-21-18)7-6-17(25)27-15-5-3-12-8-14(20)4-2-13(12)9-15/h2-5,8-11H,6-7H2,1H3. The van der Waals surface area contributed by atoms with E-state index in [2.05, 4.69) is 26.0 Å². The van der Waals surface area contributed by atoms with Crippen LogP contribution in [0, 0.1) is 0 Å². The topological polar surface area (TPSA) is 79.0 Å². The van der Waals surface area contributed by atoms with E-state index < -0.39 is 5.97 Å². The number of fused-ring (bicyclic) bond motifs is 2. The molecule has 0 fully saturated rings. The van der Waals surface area contributed by atoms with Gasteiger partial charge >= 0.3 is 5.97 Å². The molecule has 0 radical (unpaired) electrons. The highest BCUT2D eigenvalue weighted by Gasteiger charge is 2.11. The predicted octanol–water partition coefficient (Wildman–Crippen LogP) is 3.04. The van der Waals surface area contributed by atoms with Gasteiger partial charge < -0.3 is 4.74 Å². The summed E-state index contributed by atoms with van der Waals surface area (Å²) in [7, 11) is 1.72. The first kappa shape index (κ1) is 17.4. The second kappa shape index (κ2) is 6.96. The molecule has 0 saturated heterocycles. The first-order valence-corrected chi connectivity index (χ1v) is 9.08. The van der Waals surface area contributed by atoms with Gasteiger partial charge in [-0.2, -0.15) is 5.10 Å². The second-order valence-electron chi connectivity index (χ2n) is 6.13. The summed E-state index contributed by atoms with van der Waals surface area (Å²) in [6, 6.07) is 11.3. The third kappa shape index (κ3) is 3.48. The molecule has 2 heterocycles. The third-order valence-electron chi connectivity index (χ3n) is 4.28. The second-order valence-corrected chi connectivity index (χ2v) is 7.04. The van der Waals surface area contributed by atoms with Gasteiger partial charge in [-0.05, 0) is 35.0 Å². The maximum atomic E-state index is 12.4. The van der Waals surface area contributed by atoms with Crippen molar-refractivity contribution in [2.24, 2.45) is 7.05 Å². The van der Waals surface area contributed by atoms with Gasteiger partial charge in [-0.15, -0.1) is 0 Å². The number of carbonyl (C=O) groups excluding carboxylic acids is 1. The van der Waals surface area contributed by atoms with Gasteiger partial charge in [0.05, 0.1) is 18.9 Å². The van der Waals surface area contributed by atoms with E-state index in [-0.39, 0.29) is 18.5 Å². The van der Waals surface area contributed by atoms with Crippen molar-refractivity contribution >= 4 is 43.7 Å². The molecule has 0 unspecified atom stereocenters. The largest absolute Gasteiger partial charge is 0.426 e. The fourth-order valence-electron chi connectivity index (χ4n) is 2.88. The summed E-state index contributed by atoms with van der Waals surface area (Å²) < 4.78 is 9.32. The number of hydrogen-bond donors (Lipinski definition) is 0. The number of benzene rings is 2. The number of carbonyl (C=O) groups is 1. The van der Waals surface area contributed by atoms with Gasteiger partial charge in [0, 0.05) is 18.1 Å². The number of halogens is 1. The smallest absolute Gasteiger partial charge is 0.312 e. The maximum Gasteiger partial charge on any atom is 0.312 e. The zero-order valence-electron chi connectivity index (χ0n) is 14.4. The van der Waals surface area contributed by atoms with Gasteiger partial charge in [-0.3, -0.25) is 18.8 Å². The van der Waals surface area contributed by atoms with E-state index in [1.807, 2.05) is 30.3 Å². The summed E-state index contributed by atoms with van der Waals surface area (Å²) in [5, 5.41) is 6.48. The SMILES string of the molecule is Cn1ncc2c(=O)n(CCC(=O)Oc3ccc4cc(Br)ccc4c3)cnc21. The molecular formula is C19H15BrN4O3. The third-order valence-corrected chi connectivity index (χ3v) is 4.77. The molecule has 0 bridgehead atoms. The van der Waals surface area contributed by atoms with Crippen LogP contribution in [0.15, 0.2) is 58.2 Å². The Bertz CT molecular complexity index is 1230. The first-order chi connectivity index (χ1) is 13.0. The van der Waals surface area contributed by atoms with E-state index >= 15 is 0 Å². The zero-order valence-corrected chi connectivity index (χ0v) is 16.0. The van der Waals surface area contributed by atoms with Crippen molar-refractivity contribution in [1.29, 1.82) is 0 Å². The minimum Gasteiger partial charge on any atom is -0.426 e. The molecule has 7 nitrogen and oxygen atoms in total. The van der Waals surface area contributed by atoms with Crippen LogP contribution in [-0.2, 0) is 18.4 Å². The molecule has 0 aliphatic carbocycles. The molecule has 0 N–H and O–H groups in total. The number of nitrogens with zero attached hydrogens (tertiary/aromatic N) is 4. The van der Waals surface area contributed by atoms with E-state index in [1.165, 1.54) is 21.8 Å². The highest BCUT2D eigenvalue weighted by atomic mass is 79.9. The highest BCUT2D eigenvalue weighted by molar-refractivity contribution is 9.10. The van der Waals surface area contributed by atoms with Gasteiger partial charge in [0.15, 0.2) is 5.65 Å². The summed E-state index contributed by atoms with van der Waals surface area (Å²) in [5.41, 5.74) is 0.291. The van der Waals surface area contributed by atoms with Crippen LogP contribution in [0.1, 0.15) is 6.42 Å². The average molecular weight is 427 g/mol. The Hall–Kier alpha value is -3.00. The van der Waals surface area contributed by atoms with Crippen molar-refractivity contribution in [2.45, 2.75) is 13.0 Å². The van der Waals surface area contributed by atoms with Crippen LogP contribution in [0.25, 0.3) is 21.8 Å². The minimum atomic E-state index is -0.412. The molecule has 0 aliphatic heterocycles. The van der Waals surface area contributed by atoms with Gasteiger partial charge in [0.25, 0.3) is 5.56 Å². The Kier molecular flexibility index (Phi) is 4.49. The van der Waals surface area contributed by atoms with Crippen LogP contribution in [0.2, 0.25) is 0 Å². The fraction of sp³-hybridized carbons (Fsp3) is 0.158. The average Bonchev–Trinajstić information content (AvgIpc) is 3.03. The van der Waals surface area contributed by atoms with Crippen LogP contribution >= 0.6 is 15.9 Å². The number of aryl methyl sites for hydroxylation is 2. The molecule has 2 aromatic carbocycles. The quantitative estimate of drug-likeness (QED) is 0.370. The molecule has 4 aromatic rings. The Morgan fingerprint density at radius 1 is 1.19 bits per heavy atom. The fourth-order valence-corrected chi connectivity index (χ4v) is 3.26. The Balaban J connectivity index is 1.46. The molecule has 27 heavy (non-hydrogen) atoms. The molecule has 0 saturated carbocycles. The zero-order chi connectivity index (χ0) is 19.0. The lowest BCUT2D eigenvalue weighted by atomic mass is 10.1. The number of rotatable bonds is 4. The first-order valence-electron chi connectivity index (χ1n) is 8.28. The normalized spacial score (nSPS) is 11.2. The molecular weight excluding hydrogens is 412 g/mol. The van der Waals surface area contributed by atoms with Crippen molar-refractivity contribution in [3.05, 3.63) is 63.7 Å². The lowest BCUT2D eigenvalue weighted by molar-refractivity contribution is -0.134. The number of hydrogen-bond acceptors (Lipinski definition) is 5.